The first-order chi connectivity index (χ1) is 29.2. The number of rotatable bonds is 6. The number of benzene rings is 10. The summed E-state index contributed by atoms with van der Waals surface area (Å²) in [6.45, 7) is 0. The van der Waals surface area contributed by atoms with E-state index in [2.05, 4.69) is 181 Å². The predicted molar refractivity (Wildman–Crippen MR) is 250 cm³/mol. The van der Waals surface area contributed by atoms with Crippen molar-refractivity contribution < 1.29 is 4.42 Å². The van der Waals surface area contributed by atoms with Crippen molar-refractivity contribution in [3.63, 3.8) is 0 Å². The van der Waals surface area contributed by atoms with Crippen molar-refractivity contribution >= 4 is 92.0 Å². The quantitative estimate of drug-likeness (QED) is 0.158. The van der Waals surface area contributed by atoms with Crippen LogP contribution in [-0.4, -0.2) is 4.98 Å². The summed E-state index contributed by atoms with van der Waals surface area (Å²) < 4.78 is 9.36. The maximum atomic E-state index is 6.73. The average Bonchev–Trinajstić information content (AvgIpc) is 3.92. The zero-order chi connectivity index (χ0) is 38.9. The Morgan fingerprint density at radius 1 is 0.390 bits per heavy atom. The van der Waals surface area contributed by atoms with E-state index in [0.29, 0.717) is 5.89 Å². The first-order valence-electron chi connectivity index (χ1n) is 19.9. The van der Waals surface area contributed by atoms with E-state index in [1.807, 2.05) is 41.7 Å². The highest BCUT2D eigenvalue weighted by Crippen LogP contribution is 2.46. The fraction of sp³-hybridized carbons (Fsp3) is 0. The van der Waals surface area contributed by atoms with Crippen molar-refractivity contribution in [1.82, 2.24) is 4.98 Å². The van der Waals surface area contributed by atoms with E-state index in [-0.39, 0.29) is 0 Å². The van der Waals surface area contributed by atoms with Crippen LogP contribution in [0.25, 0.3) is 97.3 Å². The zero-order valence-electron chi connectivity index (χ0n) is 31.8. The lowest BCUT2D eigenvalue weighted by atomic mass is 9.93. The highest BCUT2D eigenvalue weighted by Gasteiger charge is 2.21. The molecule has 0 bridgehead atoms. The summed E-state index contributed by atoms with van der Waals surface area (Å²) in [6.07, 6.45) is 0. The topological polar surface area (TPSA) is 29.3 Å². The van der Waals surface area contributed by atoms with Crippen LogP contribution in [-0.2, 0) is 0 Å². The summed E-state index contributed by atoms with van der Waals surface area (Å²) in [5.74, 6) is 0.622. The third-order valence-corrected chi connectivity index (χ3v) is 12.8. The lowest BCUT2D eigenvalue weighted by molar-refractivity contribution is 0.623. The molecule has 10 aromatic carbocycles. The van der Waals surface area contributed by atoms with E-state index in [1.54, 1.807) is 0 Å². The number of hydrogen-bond acceptors (Lipinski definition) is 4. The van der Waals surface area contributed by atoms with Gasteiger partial charge >= 0.3 is 0 Å². The van der Waals surface area contributed by atoms with Crippen molar-refractivity contribution in [2.45, 2.75) is 0 Å². The Bertz CT molecular complexity index is 3530. The van der Waals surface area contributed by atoms with E-state index in [0.717, 1.165) is 60.7 Å². The fourth-order valence-electron chi connectivity index (χ4n) is 8.82. The molecule has 0 atom stereocenters. The van der Waals surface area contributed by atoms with E-state index in [1.165, 1.54) is 47.8 Å². The van der Waals surface area contributed by atoms with Crippen molar-refractivity contribution in [2.75, 3.05) is 4.90 Å². The molecule has 0 saturated carbocycles. The molecule has 0 aliphatic carbocycles. The number of anilines is 3. The molecule has 3 nitrogen and oxygen atoms in total. The molecule has 0 spiro atoms. The van der Waals surface area contributed by atoms with Gasteiger partial charge < -0.3 is 9.32 Å². The maximum Gasteiger partial charge on any atom is 0.227 e. The Labute approximate surface area is 344 Å². The van der Waals surface area contributed by atoms with Gasteiger partial charge in [-0.3, -0.25) is 0 Å². The Kier molecular flexibility index (Phi) is 7.72. The van der Waals surface area contributed by atoms with Crippen LogP contribution < -0.4 is 4.90 Å². The summed E-state index contributed by atoms with van der Waals surface area (Å²) in [5, 5.41) is 9.40. The number of hydrogen-bond donors (Lipinski definition) is 0. The van der Waals surface area contributed by atoms with Gasteiger partial charge in [-0.25, -0.2) is 4.98 Å². The molecule has 2 aromatic heterocycles. The lowest BCUT2D eigenvalue weighted by Crippen LogP contribution is -2.10. The third-order valence-electron chi connectivity index (χ3n) is 11.7. The zero-order valence-corrected chi connectivity index (χ0v) is 32.7. The van der Waals surface area contributed by atoms with E-state index in [9.17, 15) is 0 Å². The number of thiophene rings is 1. The summed E-state index contributed by atoms with van der Waals surface area (Å²) in [7, 11) is 0. The molecule has 0 fully saturated rings. The second-order valence-electron chi connectivity index (χ2n) is 15.1. The van der Waals surface area contributed by atoms with Gasteiger partial charge in [0.05, 0.1) is 5.69 Å². The SMILES string of the molecule is c1ccc(-c2ccc(N(c3ccc(-c4ccc5sc6ccccc6c5c4)cc3)c3cc4ccccc4c4c3ccc3ccc5nc(-c6ccccc6)oc5c34)cc2)cc1. The van der Waals surface area contributed by atoms with Crippen LogP contribution >= 0.6 is 11.3 Å². The second kappa shape index (κ2) is 13.6. The highest BCUT2D eigenvalue weighted by molar-refractivity contribution is 7.25. The van der Waals surface area contributed by atoms with Gasteiger partial charge in [-0.05, 0) is 105 Å². The third kappa shape index (κ3) is 5.60. The van der Waals surface area contributed by atoms with Crippen LogP contribution in [0.2, 0.25) is 0 Å². The molecule has 276 valence electrons. The molecular weight excluding hydrogens is 737 g/mol. The van der Waals surface area contributed by atoms with Crippen molar-refractivity contribution in [1.29, 1.82) is 0 Å². The first-order valence-corrected chi connectivity index (χ1v) is 20.8. The molecular formula is C55H34N2OS. The summed E-state index contributed by atoms with van der Waals surface area (Å²) >= 11 is 1.85. The normalized spacial score (nSPS) is 11.7. The molecule has 2 heterocycles. The maximum absolute atomic E-state index is 6.73. The van der Waals surface area contributed by atoms with Crippen LogP contribution in [0.5, 0.6) is 0 Å². The van der Waals surface area contributed by atoms with E-state index in [4.69, 9.17) is 9.40 Å². The molecule has 12 rings (SSSR count). The van der Waals surface area contributed by atoms with Gasteiger partial charge in [0.1, 0.15) is 5.52 Å². The van der Waals surface area contributed by atoms with Crippen LogP contribution in [0.15, 0.2) is 211 Å². The molecule has 0 aliphatic rings. The van der Waals surface area contributed by atoms with Gasteiger partial charge in [-0.1, -0.05) is 140 Å². The van der Waals surface area contributed by atoms with Gasteiger partial charge in [0.2, 0.25) is 5.89 Å². The molecule has 0 aliphatic heterocycles. The summed E-state index contributed by atoms with van der Waals surface area (Å²) in [4.78, 5) is 7.40. The van der Waals surface area contributed by atoms with E-state index >= 15 is 0 Å². The molecule has 59 heavy (non-hydrogen) atoms. The predicted octanol–water partition coefficient (Wildman–Crippen LogP) is 16.1. The molecule has 0 saturated heterocycles. The number of aromatic nitrogens is 1. The Morgan fingerprint density at radius 2 is 0.983 bits per heavy atom. The summed E-state index contributed by atoms with van der Waals surface area (Å²) in [6, 6.07) is 74.1. The minimum absolute atomic E-state index is 0.622. The van der Waals surface area contributed by atoms with Crippen molar-refractivity contribution in [3.05, 3.63) is 206 Å². The van der Waals surface area contributed by atoms with Crippen LogP contribution in [0.3, 0.4) is 0 Å². The molecule has 0 radical (unpaired) electrons. The Hall–Kier alpha value is -7.53. The molecule has 4 heteroatoms. The molecule has 0 amide bonds. The molecule has 0 N–H and O–H groups in total. The van der Waals surface area contributed by atoms with Gasteiger partial charge in [-0.2, -0.15) is 0 Å². The molecule has 12 aromatic rings. The first kappa shape index (κ1) is 33.6. The number of oxazole rings is 1. The van der Waals surface area contributed by atoms with Gasteiger partial charge in [-0.15, -0.1) is 11.3 Å². The van der Waals surface area contributed by atoms with Crippen LogP contribution in [0, 0.1) is 0 Å². The van der Waals surface area contributed by atoms with E-state index < -0.39 is 0 Å². The van der Waals surface area contributed by atoms with Gasteiger partial charge in [0.15, 0.2) is 5.58 Å². The van der Waals surface area contributed by atoms with Gasteiger partial charge in [0, 0.05) is 53.3 Å². The summed E-state index contributed by atoms with van der Waals surface area (Å²) in [5.41, 5.74) is 10.6. The van der Waals surface area contributed by atoms with Crippen molar-refractivity contribution in [3.8, 4) is 33.7 Å². The number of nitrogens with zero attached hydrogens (tertiary/aromatic N) is 2. The largest absolute Gasteiger partial charge is 0.435 e. The Morgan fingerprint density at radius 3 is 1.75 bits per heavy atom. The Balaban J connectivity index is 1.08. The fourth-order valence-corrected chi connectivity index (χ4v) is 9.91. The smallest absolute Gasteiger partial charge is 0.227 e. The second-order valence-corrected chi connectivity index (χ2v) is 16.2. The highest BCUT2D eigenvalue weighted by atomic mass is 32.1. The average molecular weight is 771 g/mol. The monoisotopic (exact) mass is 770 g/mol. The van der Waals surface area contributed by atoms with Crippen LogP contribution in [0.1, 0.15) is 0 Å². The number of fused-ring (bicyclic) bond motifs is 10. The lowest BCUT2D eigenvalue weighted by Gasteiger charge is -2.28. The standard InChI is InChI=1S/C55H34N2OS/c1-3-11-35(12-4-1)36-19-26-42(27-20-36)57(43-28-21-37(22-29-43)40-25-32-51-47(33-40)45-17-9-10-18-50(45)59-51)49-34-41-15-7-8-16-44(41)53-46(49)30-23-38-24-31-48-54(52(38)53)58-55(56-48)39-13-5-2-6-14-39/h1-34H. The minimum Gasteiger partial charge on any atom is -0.435 e. The molecule has 0 unspecified atom stereocenters. The van der Waals surface area contributed by atoms with Crippen LogP contribution in [0.4, 0.5) is 17.1 Å². The van der Waals surface area contributed by atoms with Gasteiger partial charge in [0.25, 0.3) is 0 Å². The van der Waals surface area contributed by atoms with Crippen molar-refractivity contribution in [2.24, 2.45) is 0 Å². The minimum atomic E-state index is 0.622.